The summed E-state index contributed by atoms with van der Waals surface area (Å²) in [7, 11) is -3.46. The Kier molecular flexibility index (Phi) is 6.75. The second-order valence-corrected chi connectivity index (χ2v) is 9.16. The Balaban J connectivity index is 2.30. The smallest absolute Gasteiger partial charge is 0.229 e. The molecule has 2 aromatic rings. The van der Waals surface area contributed by atoms with Crippen molar-refractivity contribution in [3.05, 3.63) is 54.1 Å². The van der Waals surface area contributed by atoms with Crippen molar-refractivity contribution in [3.63, 3.8) is 0 Å². The molecule has 0 amide bonds. The van der Waals surface area contributed by atoms with E-state index in [2.05, 4.69) is 23.9 Å². The van der Waals surface area contributed by atoms with Crippen LogP contribution in [0.5, 0.6) is 5.75 Å². The zero-order valence-electron chi connectivity index (χ0n) is 14.6. The average molecular weight is 381 g/mol. The van der Waals surface area contributed by atoms with Crippen molar-refractivity contribution in [1.29, 1.82) is 0 Å². The first-order valence-electron chi connectivity index (χ1n) is 8.00. The predicted octanol–water partition coefficient (Wildman–Crippen LogP) is 3.60. The van der Waals surface area contributed by atoms with E-state index >= 15 is 0 Å². The van der Waals surface area contributed by atoms with Crippen LogP contribution in [-0.2, 0) is 10.0 Å². The monoisotopic (exact) mass is 380 g/mol. The lowest BCUT2D eigenvalue weighted by Gasteiger charge is -2.20. The molecule has 0 aliphatic carbocycles. The van der Waals surface area contributed by atoms with Crippen LogP contribution in [0.25, 0.3) is 0 Å². The van der Waals surface area contributed by atoms with Crippen LogP contribution in [0.1, 0.15) is 24.7 Å². The number of rotatable bonds is 8. The fourth-order valence-corrected chi connectivity index (χ4v) is 3.94. The van der Waals surface area contributed by atoms with Crippen molar-refractivity contribution in [2.75, 3.05) is 17.5 Å². The highest BCUT2D eigenvalue weighted by Crippen LogP contribution is 2.37. The van der Waals surface area contributed by atoms with Gasteiger partial charge in [-0.15, -0.1) is 11.8 Å². The standard InChI is InChI=1S/C18H24N2O3S2/c1-13(2)19-12-18(24-15-7-5-4-6-8-15)14-9-10-17(21)16(11-14)20-25(3,22)23/h4-11,13,18-21H,12H2,1-3H3. The zero-order chi connectivity index (χ0) is 18.4. The first kappa shape index (κ1) is 19.6. The Morgan fingerprint density at radius 2 is 1.80 bits per heavy atom. The van der Waals surface area contributed by atoms with Crippen molar-refractivity contribution < 1.29 is 13.5 Å². The third-order valence-corrected chi connectivity index (χ3v) is 5.28. The van der Waals surface area contributed by atoms with Crippen LogP contribution in [0.3, 0.4) is 0 Å². The fraction of sp³-hybridized carbons (Fsp3) is 0.333. The number of phenolic OH excluding ortho intramolecular Hbond substituents is 1. The normalized spacial score (nSPS) is 13.0. The molecule has 1 unspecified atom stereocenters. The molecule has 2 rings (SSSR count). The summed E-state index contributed by atoms with van der Waals surface area (Å²) in [5, 5.41) is 13.4. The van der Waals surface area contributed by atoms with Gasteiger partial charge in [0.1, 0.15) is 5.75 Å². The lowest BCUT2D eigenvalue weighted by atomic mass is 10.1. The summed E-state index contributed by atoms with van der Waals surface area (Å²) in [5.74, 6) is -0.0885. The van der Waals surface area contributed by atoms with Gasteiger partial charge in [0.25, 0.3) is 0 Å². The van der Waals surface area contributed by atoms with Crippen molar-refractivity contribution in [2.24, 2.45) is 0 Å². The molecule has 7 heteroatoms. The van der Waals surface area contributed by atoms with Crippen LogP contribution in [0, 0.1) is 0 Å². The van der Waals surface area contributed by atoms with Gasteiger partial charge in [-0.2, -0.15) is 0 Å². The minimum absolute atomic E-state index is 0.0745. The molecular weight excluding hydrogens is 356 g/mol. The Hall–Kier alpha value is -1.70. The molecule has 0 spiro atoms. The van der Waals surface area contributed by atoms with Gasteiger partial charge >= 0.3 is 0 Å². The van der Waals surface area contributed by atoms with Crippen LogP contribution in [0.2, 0.25) is 0 Å². The maximum Gasteiger partial charge on any atom is 0.229 e. The molecule has 0 fully saturated rings. The number of hydrogen-bond donors (Lipinski definition) is 3. The molecule has 0 aliphatic heterocycles. The molecule has 136 valence electrons. The Morgan fingerprint density at radius 3 is 2.40 bits per heavy atom. The zero-order valence-corrected chi connectivity index (χ0v) is 16.2. The number of phenols is 1. The minimum atomic E-state index is -3.46. The van der Waals surface area contributed by atoms with Gasteiger partial charge in [-0.25, -0.2) is 8.42 Å². The predicted molar refractivity (Wildman–Crippen MR) is 105 cm³/mol. The van der Waals surface area contributed by atoms with Gasteiger partial charge < -0.3 is 10.4 Å². The maximum atomic E-state index is 11.5. The van der Waals surface area contributed by atoms with Crippen LogP contribution in [0.4, 0.5) is 5.69 Å². The van der Waals surface area contributed by atoms with E-state index in [4.69, 9.17) is 0 Å². The van der Waals surface area contributed by atoms with Gasteiger partial charge in [0, 0.05) is 22.7 Å². The topological polar surface area (TPSA) is 78.4 Å². The summed E-state index contributed by atoms with van der Waals surface area (Å²) in [6.45, 7) is 4.88. The number of anilines is 1. The first-order valence-corrected chi connectivity index (χ1v) is 10.8. The lowest BCUT2D eigenvalue weighted by Crippen LogP contribution is -2.27. The molecule has 2 aromatic carbocycles. The van der Waals surface area contributed by atoms with Gasteiger partial charge in [0.2, 0.25) is 10.0 Å². The summed E-state index contributed by atoms with van der Waals surface area (Å²) in [5.41, 5.74) is 1.13. The van der Waals surface area contributed by atoms with E-state index in [0.29, 0.717) is 6.04 Å². The summed E-state index contributed by atoms with van der Waals surface area (Å²) >= 11 is 1.69. The second-order valence-electron chi connectivity index (χ2n) is 6.13. The van der Waals surface area contributed by atoms with Gasteiger partial charge in [0.15, 0.2) is 0 Å². The van der Waals surface area contributed by atoms with Gasteiger partial charge in [-0.1, -0.05) is 38.1 Å². The van der Waals surface area contributed by atoms with E-state index in [1.165, 1.54) is 6.07 Å². The summed E-state index contributed by atoms with van der Waals surface area (Å²) in [4.78, 5) is 1.13. The third-order valence-electron chi connectivity index (χ3n) is 3.42. The van der Waals surface area contributed by atoms with E-state index in [0.717, 1.165) is 23.3 Å². The Bertz CT molecular complexity index is 793. The van der Waals surface area contributed by atoms with Crippen LogP contribution >= 0.6 is 11.8 Å². The van der Waals surface area contributed by atoms with E-state index in [1.807, 2.05) is 36.4 Å². The van der Waals surface area contributed by atoms with Crippen molar-refractivity contribution in [1.82, 2.24) is 5.32 Å². The quantitative estimate of drug-likeness (QED) is 0.482. The van der Waals surface area contributed by atoms with Crippen LogP contribution < -0.4 is 10.0 Å². The van der Waals surface area contributed by atoms with Crippen molar-refractivity contribution in [2.45, 2.75) is 30.0 Å². The molecule has 0 bridgehead atoms. The highest BCUT2D eigenvalue weighted by Gasteiger charge is 2.17. The third kappa shape index (κ3) is 6.61. The summed E-state index contributed by atoms with van der Waals surface area (Å²) < 4.78 is 25.4. The number of aromatic hydroxyl groups is 1. The molecule has 3 N–H and O–H groups in total. The second kappa shape index (κ2) is 8.60. The Morgan fingerprint density at radius 1 is 1.12 bits per heavy atom. The summed E-state index contributed by atoms with van der Waals surface area (Å²) in [6, 6.07) is 15.4. The highest BCUT2D eigenvalue weighted by molar-refractivity contribution is 7.99. The summed E-state index contributed by atoms with van der Waals surface area (Å²) in [6.07, 6.45) is 1.07. The Labute approximate surface area is 153 Å². The number of benzene rings is 2. The fourth-order valence-electron chi connectivity index (χ4n) is 2.27. The number of nitrogens with one attached hydrogen (secondary N) is 2. The molecule has 0 radical (unpaired) electrons. The number of sulfonamides is 1. The van der Waals surface area contributed by atoms with Gasteiger partial charge in [-0.3, -0.25) is 4.72 Å². The van der Waals surface area contributed by atoms with Gasteiger partial charge in [0.05, 0.1) is 11.9 Å². The molecule has 1 atom stereocenters. The SMILES string of the molecule is CC(C)NCC(Sc1ccccc1)c1ccc(O)c(NS(C)(=O)=O)c1. The lowest BCUT2D eigenvalue weighted by molar-refractivity contribution is 0.477. The van der Waals surface area contributed by atoms with Gasteiger partial charge in [-0.05, 0) is 29.8 Å². The number of thioether (sulfide) groups is 1. The molecule has 0 aliphatic rings. The molecule has 0 heterocycles. The van der Waals surface area contributed by atoms with E-state index in [-0.39, 0.29) is 16.7 Å². The molecule has 0 saturated heterocycles. The molecule has 5 nitrogen and oxygen atoms in total. The molecular formula is C18H24N2O3S2. The molecule has 0 saturated carbocycles. The van der Waals surface area contributed by atoms with E-state index in [1.54, 1.807) is 17.8 Å². The highest BCUT2D eigenvalue weighted by atomic mass is 32.2. The largest absolute Gasteiger partial charge is 0.506 e. The molecule has 25 heavy (non-hydrogen) atoms. The first-order chi connectivity index (χ1) is 11.7. The maximum absolute atomic E-state index is 11.5. The van der Waals surface area contributed by atoms with Crippen LogP contribution in [-0.4, -0.2) is 32.4 Å². The van der Waals surface area contributed by atoms with E-state index < -0.39 is 10.0 Å². The minimum Gasteiger partial charge on any atom is -0.506 e. The van der Waals surface area contributed by atoms with Crippen molar-refractivity contribution >= 4 is 27.5 Å². The molecule has 0 aromatic heterocycles. The van der Waals surface area contributed by atoms with E-state index in [9.17, 15) is 13.5 Å². The average Bonchev–Trinajstić information content (AvgIpc) is 2.53. The number of hydrogen-bond acceptors (Lipinski definition) is 5. The van der Waals surface area contributed by atoms with Crippen LogP contribution in [0.15, 0.2) is 53.4 Å². The van der Waals surface area contributed by atoms with Crippen molar-refractivity contribution in [3.8, 4) is 5.75 Å².